The second-order valence-corrected chi connectivity index (χ2v) is 6.80. The molecular weight excluding hydrogens is 357 g/mol. The molecule has 0 radical (unpaired) electrons. The first-order valence-electron chi connectivity index (χ1n) is 8.78. The zero-order valence-corrected chi connectivity index (χ0v) is 15.2. The van der Waals surface area contributed by atoms with Gasteiger partial charge in [0.1, 0.15) is 0 Å². The summed E-state index contributed by atoms with van der Waals surface area (Å²) in [4.78, 5) is 23.4. The summed E-state index contributed by atoms with van der Waals surface area (Å²) in [7, 11) is 0. The average molecular weight is 378 g/mol. The van der Waals surface area contributed by atoms with E-state index in [9.17, 15) is 18.0 Å². The predicted molar refractivity (Wildman–Crippen MR) is 96.5 cm³/mol. The number of hydrogen-bond donors (Lipinski definition) is 1. The van der Waals surface area contributed by atoms with Crippen molar-refractivity contribution in [1.82, 2.24) is 9.97 Å². The second-order valence-electron chi connectivity index (χ2n) is 6.80. The van der Waals surface area contributed by atoms with Gasteiger partial charge in [-0.2, -0.15) is 13.2 Å². The van der Waals surface area contributed by atoms with E-state index in [-0.39, 0.29) is 17.5 Å². The number of alkyl halides is 3. The summed E-state index contributed by atoms with van der Waals surface area (Å²) in [6.07, 6.45) is -2.98. The summed E-state index contributed by atoms with van der Waals surface area (Å²) in [6, 6.07) is 6.56. The number of aryl methyl sites for hydroxylation is 2. The summed E-state index contributed by atoms with van der Waals surface area (Å²) < 4.78 is 38.5. The second kappa shape index (κ2) is 7.54. The molecule has 0 aliphatic carbocycles. The molecule has 8 heteroatoms. The topological polar surface area (TPSA) is 58.1 Å². The fourth-order valence-electron chi connectivity index (χ4n) is 3.24. The molecule has 1 saturated heterocycles. The van der Waals surface area contributed by atoms with E-state index >= 15 is 0 Å². The lowest BCUT2D eigenvalue weighted by atomic mass is 9.97. The van der Waals surface area contributed by atoms with Gasteiger partial charge in [-0.25, -0.2) is 9.97 Å². The van der Waals surface area contributed by atoms with Gasteiger partial charge in [-0.05, 0) is 51.0 Å². The van der Waals surface area contributed by atoms with Crippen LogP contribution in [-0.2, 0) is 11.0 Å². The summed E-state index contributed by atoms with van der Waals surface area (Å²) in [5.41, 5.74) is 1.07. The van der Waals surface area contributed by atoms with Gasteiger partial charge in [-0.15, -0.1) is 0 Å². The molecule has 1 atom stereocenters. The van der Waals surface area contributed by atoms with Crippen LogP contribution in [0.3, 0.4) is 0 Å². The maximum absolute atomic E-state index is 12.8. The highest BCUT2D eigenvalue weighted by Crippen LogP contribution is 2.31. The van der Waals surface area contributed by atoms with Crippen molar-refractivity contribution < 1.29 is 18.0 Å². The Bertz CT molecular complexity index is 818. The summed E-state index contributed by atoms with van der Waals surface area (Å²) in [6.45, 7) is 4.96. The van der Waals surface area contributed by atoms with Gasteiger partial charge in [0, 0.05) is 30.2 Å². The summed E-state index contributed by atoms with van der Waals surface area (Å²) in [5, 5.41) is 2.61. The fraction of sp³-hybridized carbons (Fsp3) is 0.421. The van der Waals surface area contributed by atoms with Gasteiger partial charge < -0.3 is 10.2 Å². The number of amides is 1. The zero-order chi connectivity index (χ0) is 19.6. The number of benzene rings is 1. The van der Waals surface area contributed by atoms with Gasteiger partial charge in [0.2, 0.25) is 11.9 Å². The number of nitrogens with zero attached hydrogens (tertiary/aromatic N) is 3. The molecule has 1 amide bonds. The number of anilines is 2. The van der Waals surface area contributed by atoms with Gasteiger partial charge in [0.05, 0.1) is 11.5 Å². The van der Waals surface area contributed by atoms with E-state index in [2.05, 4.69) is 15.3 Å². The smallest absolute Gasteiger partial charge is 0.340 e. The van der Waals surface area contributed by atoms with Crippen LogP contribution in [0.5, 0.6) is 0 Å². The zero-order valence-electron chi connectivity index (χ0n) is 15.2. The quantitative estimate of drug-likeness (QED) is 0.878. The van der Waals surface area contributed by atoms with Crippen LogP contribution < -0.4 is 10.2 Å². The third kappa shape index (κ3) is 4.75. The molecular formula is C19H21F3N4O. The third-order valence-electron chi connectivity index (χ3n) is 4.50. The molecule has 0 bridgehead atoms. The van der Waals surface area contributed by atoms with Crippen LogP contribution >= 0.6 is 0 Å². The minimum atomic E-state index is -4.44. The third-order valence-corrected chi connectivity index (χ3v) is 4.50. The van der Waals surface area contributed by atoms with E-state index in [0.29, 0.717) is 18.9 Å². The molecule has 27 heavy (non-hydrogen) atoms. The largest absolute Gasteiger partial charge is 0.416 e. The highest BCUT2D eigenvalue weighted by atomic mass is 19.4. The summed E-state index contributed by atoms with van der Waals surface area (Å²) >= 11 is 0. The Kier molecular flexibility index (Phi) is 5.34. The molecule has 2 aromatic rings. The van der Waals surface area contributed by atoms with Gasteiger partial charge in [-0.3, -0.25) is 4.79 Å². The van der Waals surface area contributed by atoms with E-state index in [4.69, 9.17) is 0 Å². The van der Waals surface area contributed by atoms with Crippen molar-refractivity contribution in [1.29, 1.82) is 0 Å². The van der Waals surface area contributed by atoms with Crippen molar-refractivity contribution >= 4 is 17.5 Å². The number of nitrogens with one attached hydrogen (secondary N) is 1. The van der Waals surface area contributed by atoms with Crippen molar-refractivity contribution in [3.8, 4) is 0 Å². The van der Waals surface area contributed by atoms with Crippen molar-refractivity contribution in [2.45, 2.75) is 32.9 Å². The number of piperidine rings is 1. The molecule has 1 aliphatic rings. The molecule has 1 fully saturated rings. The standard InChI is InChI=1S/C19H21F3N4O/c1-12-9-13(2)24-18(23-12)26-8-4-5-14(11-26)17(27)25-16-7-3-6-15(10-16)19(20,21)22/h3,6-7,9-10,14H,4-5,8,11H2,1-2H3,(H,25,27). The Balaban J connectivity index is 1.70. The van der Waals surface area contributed by atoms with Gasteiger partial charge in [0.15, 0.2) is 0 Å². The Morgan fingerprint density at radius 1 is 1.19 bits per heavy atom. The number of carbonyl (C=O) groups is 1. The molecule has 144 valence electrons. The Morgan fingerprint density at radius 3 is 2.56 bits per heavy atom. The number of halogens is 3. The molecule has 1 aliphatic heterocycles. The van der Waals surface area contributed by atoms with Crippen molar-refractivity contribution in [2.75, 3.05) is 23.3 Å². The molecule has 0 spiro atoms. The lowest BCUT2D eigenvalue weighted by molar-refractivity contribution is -0.137. The monoisotopic (exact) mass is 378 g/mol. The highest BCUT2D eigenvalue weighted by molar-refractivity contribution is 5.93. The molecule has 2 heterocycles. The fourth-order valence-corrected chi connectivity index (χ4v) is 3.24. The SMILES string of the molecule is Cc1cc(C)nc(N2CCCC(C(=O)Nc3cccc(C(F)(F)F)c3)C2)n1. The van der Waals surface area contributed by atoms with Crippen molar-refractivity contribution in [3.05, 3.63) is 47.3 Å². The van der Waals surface area contributed by atoms with E-state index < -0.39 is 11.7 Å². The molecule has 1 aromatic heterocycles. The molecule has 1 unspecified atom stereocenters. The predicted octanol–water partition coefficient (Wildman–Crippen LogP) is 3.97. The number of hydrogen-bond acceptors (Lipinski definition) is 4. The Labute approximate surface area is 155 Å². The van der Waals surface area contributed by atoms with Gasteiger partial charge in [0.25, 0.3) is 0 Å². The minimum absolute atomic E-state index is 0.148. The van der Waals surface area contributed by atoms with E-state index in [1.54, 1.807) is 0 Å². The number of carbonyl (C=O) groups excluding carboxylic acids is 1. The van der Waals surface area contributed by atoms with Gasteiger partial charge >= 0.3 is 6.18 Å². The molecule has 1 aromatic carbocycles. The molecule has 3 rings (SSSR count). The summed E-state index contributed by atoms with van der Waals surface area (Å²) in [5.74, 6) is -0.0369. The van der Waals surface area contributed by atoms with Crippen LogP contribution in [-0.4, -0.2) is 29.0 Å². The lowest BCUT2D eigenvalue weighted by Gasteiger charge is -2.32. The maximum Gasteiger partial charge on any atom is 0.416 e. The highest BCUT2D eigenvalue weighted by Gasteiger charge is 2.31. The van der Waals surface area contributed by atoms with Crippen LogP contribution in [0, 0.1) is 19.8 Å². The molecule has 5 nitrogen and oxygen atoms in total. The van der Waals surface area contributed by atoms with E-state index in [1.165, 1.54) is 12.1 Å². The Morgan fingerprint density at radius 2 is 1.89 bits per heavy atom. The van der Waals surface area contributed by atoms with Crippen LogP contribution in [0.4, 0.5) is 24.8 Å². The number of rotatable bonds is 3. The average Bonchev–Trinajstić information content (AvgIpc) is 2.60. The van der Waals surface area contributed by atoms with Crippen LogP contribution in [0.1, 0.15) is 29.8 Å². The molecule has 0 saturated carbocycles. The first kappa shape index (κ1) is 19.1. The first-order valence-corrected chi connectivity index (χ1v) is 8.78. The van der Waals surface area contributed by atoms with E-state index in [1.807, 2.05) is 24.8 Å². The minimum Gasteiger partial charge on any atom is -0.340 e. The van der Waals surface area contributed by atoms with Crippen LogP contribution in [0.15, 0.2) is 30.3 Å². The van der Waals surface area contributed by atoms with Crippen LogP contribution in [0.2, 0.25) is 0 Å². The normalized spacial score (nSPS) is 17.7. The lowest BCUT2D eigenvalue weighted by Crippen LogP contribution is -2.41. The van der Waals surface area contributed by atoms with Crippen LogP contribution in [0.25, 0.3) is 0 Å². The Hall–Kier alpha value is -2.64. The van der Waals surface area contributed by atoms with Crippen molar-refractivity contribution in [3.63, 3.8) is 0 Å². The number of aromatic nitrogens is 2. The van der Waals surface area contributed by atoms with E-state index in [0.717, 1.165) is 36.5 Å². The first-order chi connectivity index (χ1) is 12.7. The van der Waals surface area contributed by atoms with Crippen molar-refractivity contribution in [2.24, 2.45) is 5.92 Å². The maximum atomic E-state index is 12.8. The molecule has 1 N–H and O–H groups in total. The van der Waals surface area contributed by atoms with Gasteiger partial charge in [-0.1, -0.05) is 6.07 Å².